The number of nitrogens with zero attached hydrogens (tertiary/aromatic N) is 1. The molecule has 180 valence electrons. The quantitative estimate of drug-likeness (QED) is 0.320. The predicted molar refractivity (Wildman–Crippen MR) is 127 cm³/mol. The largest absolute Gasteiger partial charge is 0.497 e. The Labute approximate surface area is 196 Å². The number of likely N-dealkylation sites (N-methyl/N-ethyl adjacent to an activating group) is 1. The molecule has 33 heavy (non-hydrogen) atoms. The Kier molecular flexibility index (Phi) is 11.2. The third-order valence-electron chi connectivity index (χ3n) is 5.10. The van der Waals surface area contributed by atoms with Crippen LogP contribution in [0, 0.1) is 0 Å². The van der Waals surface area contributed by atoms with Gasteiger partial charge in [-0.05, 0) is 69.1 Å². The molecule has 0 aliphatic rings. The summed E-state index contributed by atoms with van der Waals surface area (Å²) in [6.07, 6.45) is 2.46. The van der Waals surface area contributed by atoms with E-state index in [9.17, 15) is 9.59 Å². The molecule has 0 amide bonds. The van der Waals surface area contributed by atoms with E-state index in [1.165, 1.54) is 5.56 Å². The maximum atomic E-state index is 12.2. The minimum atomic E-state index is -0.854. The average molecular weight is 458 g/mol. The van der Waals surface area contributed by atoms with Crippen LogP contribution in [0.15, 0.2) is 48.5 Å². The maximum Gasteiger partial charge on any atom is 0.306 e. The number of aliphatic carboxylic acids is 1. The van der Waals surface area contributed by atoms with Gasteiger partial charge in [-0.25, -0.2) is 0 Å². The van der Waals surface area contributed by atoms with Crippen LogP contribution in [0.1, 0.15) is 36.8 Å². The second kappa shape index (κ2) is 14.2. The van der Waals surface area contributed by atoms with Crippen molar-refractivity contribution in [2.24, 2.45) is 0 Å². The van der Waals surface area contributed by atoms with E-state index in [1.54, 1.807) is 7.11 Å². The number of hydrogen-bond acceptors (Lipinski definition) is 6. The maximum absolute atomic E-state index is 12.2. The number of benzene rings is 2. The van der Waals surface area contributed by atoms with Crippen molar-refractivity contribution in [1.29, 1.82) is 0 Å². The Morgan fingerprint density at radius 3 is 2.48 bits per heavy atom. The first-order valence-corrected chi connectivity index (χ1v) is 11.3. The monoisotopic (exact) mass is 457 g/mol. The smallest absolute Gasteiger partial charge is 0.306 e. The number of aryl methyl sites for hydroxylation is 2. The van der Waals surface area contributed by atoms with Gasteiger partial charge in [0.25, 0.3) is 0 Å². The van der Waals surface area contributed by atoms with Gasteiger partial charge in [0, 0.05) is 19.4 Å². The molecule has 0 bridgehead atoms. The van der Waals surface area contributed by atoms with E-state index >= 15 is 0 Å². The number of unbranched alkanes of at least 4 members (excludes halogenated alkanes) is 1. The Morgan fingerprint density at radius 1 is 1.00 bits per heavy atom. The molecule has 0 aliphatic carbocycles. The normalized spacial score (nSPS) is 11.8. The minimum Gasteiger partial charge on any atom is -0.497 e. The van der Waals surface area contributed by atoms with Crippen molar-refractivity contribution in [3.05, 3.63) is 59.7 Å². The lowest BCUT2D eigenvalue weighted by molar-refractivity contribution is -0.151. The number of ether oxygens (including phenoxy) is 3. The van der Waals surface area contributed by atoms with Crippen molar-refractivity contribution in [3.63, 3.8) is 0 Å². The summed E-state index contributed by atoms with van der Waals surface area (Å²) in [5.41, 5.74) is 2.27. The van der Waals surface area contributed by atoms with Gasteiger partial charge in [0.1, 0.15) is 24.2 Å². The number of esters is 1. The molecule has 2 rings (SSSR count). The number of rotatable bonds is 15. The highest BCUT2D eigenvalue weighted by atomic mass is 16.6. The third kappa shape index (κ3) is 10.4. The van der Waals surface area contributed by atoms with Gasteiger partial charge in [-0.1, -0.05) is 30.3 Å². The van der Waals surface area contributed by atoms with E-state index in [0.717, 1.165) is 29.9 Å². The Hall–Kier alpha value is -3.06. The molecule has 0 radical (unpaired) electrons. The summed E-state index contributed by atoms with van der Waals surface area (Å²) >= 11 is 0. The highest BCUT2D eigenvalue weighted by Gasteiger charge is 2.17. The Morgan fingerprint density at radius 2 is 1.76 bits per heavy atom. The van der Waals surface area contributed by atoms with E-state index in [4.69, 9.17) is 19.3 Å². The van der Waals surface area contributed by atoms with E-state index in [1.807, 2.05) is 61.5 Å². The molecule has 2 aromatic rings. The summed E-state index contributed by atoms with van der Waals surface area (Å²) in [6.45, 7) is 0.780. The summed E-state index contributed by atoms with van der Waals surface area (Å²) in [5, 5.41) is 8.71. The van der Waals surface area contributed by atoms with Gasteiger partial charge in [0.2, 0.25) is 0 Å². The summed E-state index contributed by atoms with van der Waals surface area (Å²) in [4.78, 5) is 24.8. The van der Waals surface area contributed by atoms with E-state index in [0.29, 0.717) is 19.4 Å². The van der Waals surface area contributed by atoms with Crippen LogP contribution in [-0.2, 0) is 27.2 Å². The lowest BCUT2D eigenvalue weighted by Gasteiger charge is -2.22. The van der Waals surface area contributed by atoms with Gasteiger partial charge in [0.05, 0.1) is 7.11 Å². The topological polar surface area (TPSA) is 85.3 Å². The van der Waals surface area contributed by atoms with Crippen LogP contribution in [0.25, 0.3) is 0 Å². The molecule has 0 saturated heterocycles. The summed E-state index contributed by atoms with van der Waals surface area (Å²) in [6, 6.07) is 15.9. The molecule has 0 aromatic heterocycles. The fraction of sp³-hybridized carbons (Fsp3) is 0.462. The van der Waals surface area contributed by atoms with Crippen molar-refractivity contribution >= 4 is 11.9 Å². The van der Waals surface area contributed by atoms with Crippen molar-refractivity contribution < 1.29 is 28.9 Å². The molecular weight excluding hydrogens is 422 g/mol. The summed E-state index contributed by atoms with van der Waals surface area (Å²) < 4.78 is 17.0. The molecule has 0 aliphatic heterocycles. The number of carboxylic acids is 1. The lowest BCUT2D eigenvalue weighted by Crippen LogP contribution is -2.35. The number of para-hydroxylation sites is 1. The van der Waals surface area contributed by atoms with Crippen LogP contribution in [0.2, 0.25) is 0 Å². The first-order chi connectivity index (χ1) is 15.9. The van der Waals surface area contributed by atoms with Gasteiger partial charge < -0.3 is 24.2 Å². The second-order valence-electron chi connectivity index (χ2n) is 8.25. The van der Waals surface area contributed by atoms with E-state index < -0.39 is 12.1 Å². The molecule has 2 aromatic carbocycles. The Bertz CT molecular complexity index is 883. The van der Waals surface area contributed by atoms with Crippen molar-refractivity contribution in [1.82, 2.24) is 4.90 Å². The van der Waals surface area contributed by atoms with Gasteiger partial charge in [-0.15, -0.1) is 0 Å². The summed E-state index contributed by atoms with van der Waals surface area (Å²) in [5.74, 6) is 0.435. The first kappa shape index (κ1) is 26.2. The van der Waals surface area contributed by atoms with Crippen LogP contribution in [0.4, 0.5) is 0 Å². The van der Waals surface area contributed by atoms with E-state index in [-0.39, 0.29) is 25.4 Å². The zero-order valence-corrected chi connectivity index (χ0v) is 19.8. The highest BCUT2D eigenvalue weighted by molar-refractivity contribution is 5.70. The third-order valence-corrected chi connectivity index (χ3v) is 5.10. The number of hydrogen-bond donors (Lipinski definition) is 1. The SMILES string of the molecule is COc1cccc(CCc2ccccc2OC[C@@H](CN(C)C)OC(=O)CCCCC(=O)O)c1. The molecule has 7 heteroatoms. The van der Waals surface area contributed by atoms with Crippen LogP contribution < -0.4 is 9.47 Å². The molecule has 0 spiro atoms. The number of methoxy groups -OCH3 is 1. The average Bonchev–Trinajstić information content (AvgIpc) is 2.79. The lowest BCUT2D eigenvalue weighted by atomic mass is 10.0. The molecule has 0 unspecified atom stereocenters. The summed E-state index contributed by atoms with van der Waals surface area (Å²) in [7, 11) is 5.49. The van der Waals surface area contributed by atoms with Gasteiger partial charge in [0.15, 0.2) is 0 Å². The first-order valence-electron chi connectivity index (χ1n) is 11.3. The van der Waals surface area contributed by atoms with Gasteiger partial charge >= 0.3 is 11.9 Å². The number of carbonyl (C=O) groups is 2. The molecule has 0 heterocycles. The number of carboxylic acid groups (broad SMARTS) is 1. The minimum absolute atomic E-state index is 0.0596. The molecule has 0 saturated carbocycles. The second-order valence-corrected chi connectivity index (χ2v) is 8.25. The Balaban J connectivity index is 1.92. The fourth-order valence-electron chi connectivity index (χ4n) is 3.46. The van der Waals surface area contributed by atoms with E-state index in [2.05, 4.69) is 6.07 Å². The van der Waals surface area contributed by atoms with Crippen LogP contribution in [0.3, 0.4) is 0 Å². The zero-order chi connectivity index (χ0) is 24.1. The zero-order valence-electron chi connectivity index (χ0n) is 19.8. The van der Waals surface area contributed by atoms with Crippen LogP contribution in [0.5, 0.6) is 11.5 Å². The predicted octanol–water partition coefficient (Wildman–Crippen LogP) is 3.98. The van der Waals surface area contributed by atoms with Crippen molar-refractivity contribution in [2.45, 2.75) is 44.6 Å². The fourth-order valence-corrected chi connectivity index (χ4v) is 3.46. The van der Waals surface area contributed by atoms with Crippen LogP contribution >= 0.6 is 0 Å². The van der Waals surface area contributed by atoms with Gasteiger partial charge in [-0.2, -0.15) is 0 Å². The molecule has 1 atom stereocenters. The molecule has 0 fully saturated rings. The van der Waals surface area contributed by atoms with Gasteiger partial charge in [-0.3, -0.25) is 9.59 Å². The molecular formula is C26H35NO6. The highest BCUT2D eigenvalue weighted by Crippen LogP contribution is 2.22. The molecule has 7 nitrogen and oxygen atoms in total. The molecule has 1 N–H and O–H groups in total. The van der Waals surface area contributed by atoms with Crippen molar-refractivity contribution in [3.8, 4) is 11.5 Å². The van der Waals surface area contributed by atoms with Crippen LogP contribution in [-0.4, -0.2) is 62.4 Å². The van der Waals surface area contributed by atoms with Crippen molar-refractivity contribution in [2.75, 3.05) is 34.4 Å². The standard InChI is InChI=1S/C26H35NO6/c1-27(2)18-23(33-26(30)14-7-6-13-25(28)29)19-32-24-12-5-4-10-21(24)16-15-20-9-8-11-22(17-20)31-3/h4-5,8-12,17,23H,6-7,13-16,18-19H2,1-3H3,(H,28,29)/t23-/m1/s1. The number of carbonyl (C=O) groups excluding carboxylic acids is 1.